The highest BCUT2D eigenvalue weighted by Crippen LogP contribution is 2.35. The van der Waals surface area contributed by atoms with Crippen LogP contribution in [0.5, 0.6) is 0 Å². The summed E-state index contributed by atoms with van der Waals surface area (Å²) in [5.41, 5.74) is 1.76. The normalized spacial score (nSPS) is 15.4. The van der Waals surface area contributed by atoms with Crippen molar-refractivity contribution in [1.29, 1.82) is 0 Å². The van der Waals surface area contributed by atoms with E-state index in [1.165, 1.54) is 0 Å². The topological polar surface area (TPSA) is 75.9 Å². The van der Waals surface area contributed by atoms with Gasteiger partial charge in [-0.15, -0.1) is 5.10 Å². The van der Waals surface area contributed by atoms with Gasteiger partial charge >= 0.3 is 0 Å². The third-order valence-corrected chi connectivity index (χ3v) is 3.99. The number of nitrogens with zero attached hydrogens (tertiary/aromatic N) is 5. The van der Waals surface area contributed by atoms with Gasteiger partial charge in [0.15, 0.2) is 5.82 Å². The zero-order valence-corrected chi connectivity index (χ0v) is 13.7. The molecule has 1 aromatic heterocycles. The van der Waals surface area contributed by atoms with E-state index < -0.39 is 0 Å². The zero-order chi connectivity index (χ0) is 16.4. The van der Waals surface area contributed by atoms with Crippen molar-refractivity contribution in [1.82, 2.24) is 30.4 Å². The lowest BCUT2D eigenvalue weighted by Crippen LogP contribution is -2.23. The molecule has 122 valence electrons. The van der Waals surface area contributed by atoms with Gasteiger partial charge < -0.3 is 10.2 Å². The first-order valence-corrected chi connectivity index (χ1v) is 7.88. The molecule has 1 aliphatic rings. The van der Waals surface area contributed by atoms with Gasteiger partial charge in [-0.1, -0.05) is 12.1 Å². The van der Waals surface area contributed by atoms with Gasteiger partial charge in [-0.25, -0.2) is 4.68 Å². The van der Waals surface area contributed by atoms with E-state index in [4.69, 9.17) is 0 Å². The first kappa shape index (κ1) is 15.6. The number of benzene rings is 1. The molecular weight excluding hydrogens is 292 g/mol. The molecule has 1 aliphatic carbocycles. The Morgan fingerprint density at radius 3 is 2.91 bits per heavy atom. The maximum absolute atomic E-state index is 12.0. The summed E-state index contributed by atoms with van der Waals surface area (Å²) in [5.74, 6) is 0.880. The van der Waals surface area contributed by atoms with Crippen molar-refractivity contribution in [2.45, 2.75) is 38.4 Å². The summed E-state index contributed by atoms with van der Waals surface area (Å²) in [6, 6.07) is 8.20. The largest absolute Gasteiger partial charge is 0.345 e. The van der Waals surface area contributed by atoms with Crippen molar-refractivity contribution in [3.63, 3.8) is 0 Å². The Bertz CT molecular complexity index is 691. The molecule has 1 heterocycles. The quantitative estimate of drug-likeness (QED) is 0.875. The van der Waals surface area contributed by atoms with Crippen LogP contribution < -0.4 is 5.32 Å². The average molecular weight is 314 g/mol. The summed E-state index contributed by atoms with van der Waals surface area (Å²) in [4.78, 5) is 13.6. The minimum absolute atomic E-state index is 0.0116. The Hall–Kier alpha value is -2.28. The minimum Gasteiger partial charge on any atom is -0.345 e. The van der Waals surface area contributed by atoms with Crippen LogP contribution in [-0.2, 0) is 6.54 Å². The maximum atomic E-state index is 12.0. The van der Waals surface area contributed by atoms with Gasteiger partial charge in [-0.2, -0.15) is 0 Å². The van der Waals surface area contributed by atoms with Crippen LogP contribution in [0.1, 0.15) is 53.6 Å². The molecule has 23 heavy (non-hydrogen) atoms. The molecule has 0 spiro atoms. The molecule has 1 fully saturated rings. The molecule has 3 rings (SSSR count). The van der Waals surface area contributed by atoms with Gasteiger partial charge in [0.25, 0.3) is 5.91 Å². The number of carbonyl (C=O) groups is 1. The fourth-order valence-corrected chi connectivity index (χ4v) is 2.50. The van der Waals surface area contributed by atoms with Crippen molar-refractivity contribution < 1.29 is 4.79 Å². The van der Waals surface area contributed by atoms with Crippen LogP contribution in [0, 0.1) is 0 Å². The molecule has 0 aliphatic heterocycles. The molecule has 7 heteroatoms. The van der Waals surface area contributed by atoms with Gasteiger partial charge in [-0.05, 0) is 47.9 Å². The molecule has 0 radical (unpaired) electrons. The van der Waals surface area contributed by atoms with Crippen molar-refractivity contribution in [3.8, 4) is 0 Å². The Morgan fingerprint density at radius 2 is 2.22 bits per heavy atom. The summed E-state index contributed by atoms with van der Waals surface area (Å²) in [6.45, 7) is 2.71. The van der Waals surface area contributed by atoms with E-state index in [1.807, 2.05) is 28.9 Å². The Kier molecular flexibility index (Phi) is 4.38. The lowest BCUT2D eigenvalue weighted by atomic mass is 10.1. The van der Waals surface area contributed by atoms with Crippen LogP contribution in [0.4, 0.5) is 0 Å². The highest BCUT2D eigenvalue weighted by atomic mass is 16.2. The van der Waals surface area contributed by atoms with Crippen LogP contribution in [0.15, 0.2) is 24.3 Å². The van der Waals surface area contributed by atoms with E-state index in [1.54, 1.807) is 19.0 Å². The van der Waals surface area contributed by atoms with E-state index in [-0.39, 0.29) is 11.9 Å². The molecule has 0 bridgehead atoms. The van der Waals surface area contributed by atoms with Crippen molar-refractivity contribution >= 4 is 5.91 Å². The van der Waals surface area contributed by atoms with Gasteiger partial charge in [0, 0.05) is 26.2 Å². The van der Waals surface area contributed by atoms with E-state index in [0.717, 1.165) is 24.2 Å². The van der Waals surface area contributed by atoms with Crippen LogP contribution in [-0.4, -0.2) is 45.1 Å². The van der Waals surface area contributed by atoms with E-state index in [0.29, 0.717) is 18.2 Å². The fraction of sp³-hybridized carbons (Fsp3) is 0.500. The van der Waals surface area contributed by atoms with Gasteiger partial charge in [0.05, 0.1) is 12.1 Å². The number of hydrogen-bond donors (Lipinski definition) is 1. The minimum atomic E-state index is 0.0116. The van der Waals surface area contributed by atoms with E-state index in [2.05, 4.69) is 27.8 Å². The Labute approximate surface area is 135 Å². The summed E-state index contributed by atoms with van der Waals surface area (Å²) in [5, 5.41) is 15.4. The lowest BCUT2D eigenvalue weighted by Gasteiger charge is -2.14. The van der Waals surface area contributed by atoms with Gasteiger partial charge in [0.2, 0.25) is 0 Å². The summed E-state index contributed by atoms with van der Waals surface area (Å²) in [7, 11) is 3.51. The molecule has 7 nitrogen and oxygen atoms in total. The fourth-order valence-electron chi connectivity index (χ4n) is 2.50. The standard InChI is InChI=1S/C16H22N6O/c1-11(15-18-19-20-22(15)14-7-8-14)17-10-12-5-4-6-13(9-12)16(23)21(2)3/h4-6,9,11,14,17H,7-8,10H2,1-3H3/t11-/m0/s1. The smallest absolute Gasteiger partial charge is 0.253 e. The number of tetrazole rings is 1. The first-order chi connectivity index (χ1) is 11.1. The van der Waals surface area contributed by atoms with E-state index >= 15 is 0 Å². The predicted octanol–water partition coefficient (Wildman–Crippen LogP) is 1.56. The predicted molar refractivity (Wildman–Crippen MR) is 85.8 cm³/mol. The molecule has 1 atom stereocenters. The van der Waals surface area contributed by atoms with Crippen LogP contribution in [0.3, 0.4) is 0 Å². The van der Waals surface area contributed by atoms with Crippen LogP contribution in [0.25, 0.3) is 0 Å². The SMILES string of the molecule is C[C@H](NCc1cccc(C(=O)N(C)C)c1)c1nnnn1C1CC1. The number of rotatable bonds is 6. The number of hydrogen-bond acceptors (Lipinski definition) is 5. The molecule has 1 saturated carbocycles. The summed E-state index contributed by atoms with van der Waals surface area (Å²) >= 11 is 0. The second kappa shape index (κ2) is 6.45. The molecular formula is C16H22N6O. The monoisotopic (exact) mass is 314 g/mol. The molecule has 1 aromatic carbocycles. The molecule has 2 aromatic rings. The molecule has 1 amide bonds. The zero-order valence-electron chi connectivity index (χ0n) is 13.7. The highest BCUT2D eigenvalue weighted by molar-refractivity contribution is 5.94. The van der Waals surface area contributed by atoms with E-state index in [9.17, 15) is 4.79 Å². The average Bonchev–Trinajstić information content (AvgIpc) is 3.28. The molecule has 0 unspecified atom stereocenters. The molecule has 1 N–H and O–H groups in total. The first-order valence-electron chi connectivity index (χ1n) is 7.88. The number of amides is 1. The lowest BCUT2D eigenvalue weighted by molar-refractivity contribution is 0.0827. The number of carbonyl (C=O) groups excluding carboxylic acids is 1. The second-order valence-corrected chi connectivity index (χ2v) is 6.22. The Morgan fingerprint density at radius 1 is 1.43 bits per heavy atom. The van der Waals surface area contributed by atoms with Crippen molar-refractivity contribution in [2.24, 2.45) is 0 Å². The summed E-state index contributed by atoms with van der Waals surface area (Å²) in [6.07, 6.45) is 2.30. The van der Waals surface area contributed by atoms with Crippen LogP contribution >= 0.6 is 0 Å². The Balaban J connectivity index is 1.65. The number of aromatic nitrogens is 4. The van der Waals surface area contributed by atoms with Gasteiger partial charge in [-0.3, -0.25) is 4.79 Å². The second-order valence-electron chi connectivity index (χ2n) is 6.22. The summed E-state index contributed by atoms with van der Waals surface area (Å²) < 4.78 is 1.92. The van der Waals surface area contributed by atoms with Crippen molar-refractivity contribution in [3.05, 3.63) is 41.2 Å². The maximum Gasteiger partial charge on any atom is 0.253 e. The molecule has 0 saturated heterocycles. The third kappa shape index (κ3) is 3.56. The number of nitrogens with one attached hydrogen (secondary N) is 1. The van der Waals surface area contributed by atoms with Gasteiger partial charge in [0.1, 0.15) is 0 Å². The highest BCUT2D eigenvalue weighted by Gasteiger charge is 2.29. The van der Waals surface area contributed by atoms with Crippen molar-refractivity contribution in [2.75, 3.05) is 14.1 Å². The van der Waals surface area contributed by atoms with Crippen LogP contribution in [0.2, 0.25) is 0 Å². The third-order valence-electron chi connectivity index (χ3n) is 3.99.